The molecule has 0 radical (unpaired) electrons. The normalized spacial score (nSPS) is 37.2. The maximum absolute atomic E-state index is 12.9. The summed E-state index contributed by atoms with van der Waals surface area (Å²) in [5.41, 5.74) is 5.90. The minimum absolute atomic E-state index is 0.141. The summed E-state index contributed by atoms with van der Waals surface area (Å²) >= 11 is 0. The molecule has 108 valence electrons. The molecule has 0 aromatic heterocycles. The standard InChI is InChI=1S/C17H29NO/c18-12-17(7-3-1-2-4-8-17)16(19)11-15-10-13-5-6-14(15)9-13/h13-15H,1-12,18H2. The van der Waals surface area contributed by atoms with Crippen molar-refractivity contribution in [2.24, 2.45) is 28.9 Å². The van der Waals surface area contributed by atoms with Gasteiger partial charge in [0.05, 0.1) is 0 Å². The van der Waals surface area contributed by atoms with Crippen molar-refractivity contribution in [1.29, 1.82) is 0 Å². The number of Topliss-reactive ketones (excluding diaryl/α,β-unsaturated/α-hetero) is 1. The first kappa shape index (κ1) is 13.6. The van der Waals surface area contributed by atoms with Gasteiger partial charge in [0.15, 0.2) is 0 Å². The van der Waals surface area contributed by atoms with Gasteiger partial charge in [-0.1, -0.05) is 32.1 Å². The Balaban J connectivity index is 1.64. The Hall–Kier alpha value is -0.370. The molecule has 2 nitrogen and oxygen atoms in total. The summed E-state index contributed by atoms with van der Waals surface area (Å²) in [6, 6.07) is 0. The van der Waals surface area contributed by atoms with Crippen molar-refractivity contribution in [3.05, 3.63) is 0 Å². The number of ketones is 1. The first-order valence-corrected chi connectivity index (χ1v) is 8.47. The largest absolute Gasteiger partial charge is 0.329 e. The highest BCUT2D eigenvalue weighted by molar-refractivity contribution is 5.85. The second-order valence-corrected chi connectivity index (χ2v) is 7.46. The summed E-state index contributed by atoms with van der Waals surface area (Å²) in [5.74, 6) is 3.05. The Labute approximate surface area is 117 Å². The fourth-order valence-corrected chi connectivity index (χ4v) is 5.08. The molecule has 3 atom stereocenters. The zero-order valence-corrected chi connectivity index (χ0v) is 12.2. The summed E-state index contributed by atoms with van der Waals surface area (Å²) in [5, 5.41) is 0. The molecule has 3 fully saturated rings. The summed E-state index contributed by atoms with van der Waals surface area (Å²) in [6.07, 6.45) is 13.5. The molecule has 2 N–H and O–H groups in total. The van der Waals surface area contributed by atoms with Crippen LogP contribution in [0.5, 0.6) is 0 Å². The van der Waals surface area contributed by atoms with Crippen LogP contribution >= 0.6 is 0 Å². The first-order chi connectivity index (χ1) is 9.23. The van der Waals surface area contributed by atoms with E-state index in [1.165, 1.54) is 51.4 Å². The summed E-state index contributed by atoms with van der Waals surface area (Å²) in [7, 11) is 0. The zero-order chi connectivity index (χ0) is 13.3. The van der Waals surface area contributed by atoms with E-state index in [-0.39, 0.29) is 5.41 Å². The third kappa shape index (κ3) is 2.61. The summed E-state index contributed by atoms with van der Waals surface area (Å²) < 4.78 is 0. The summed E-state index contributed by atoms with van der Waals surface area (Å²) in [4.78, 5) is 12.9. The second kappa shape index (κ2) is 5.55. The van der Waals surface area contributed by atoms with E-state index in [2.05, 4.69) is 0 Å². The van der Waals surface area contributed by atoms with E-state index < -0.39 is 0 Å². The average molecular weight is 263 g/mol. The van der Waals surface area contributed by atoms with Gasteiger partial charge in [0, 0.05) is 18.4 Å². The molecule has 3 aliphatic rings. The molecule has 3 aliphatic carbocycles. The van der Waals surface area contributed by atoms with E-state index in [1.807, 2.05) is 0 Å². The maximum atomic E-state index is 12.9. The molecule has 3 saturated carbocycles. The number of hydrogen-bond acceptors (Lipinski definition) is 2. The number of carbonyl (C=O) groups excluding carboxylic acids is 1. The van der Waals surface area contributed by atoms with Crippen molar-refractivity contribution in [2.45, 2.75) is 70.6 Å². The van der Waals surface area contributed by atoms with Gasteiger partial charge in [-0.15, -0.1) is 0 Å². The van der Waals surface area contributed by atoms with Crippen LogP contribution in [0.1, 0.15) is 70.6 Å². The van der Waals surface area contributed by atoms with Gasteiger partial charge in [0.1, 0.15) is 5.78 Å². The van der Waals surface area contributed by atoms with Crippen molar-refractivity contribution >= 4 is 5.78 Å². The van der Waals surface area contributed by atoms with Crippen molar-refractivity contribution in [2.75, 3.05) is 6.54 Å². The smallest absolute Gasteiger partial charge is 0.140 e. The van der Waals surface area contributed by atoms with Gasteiger partial charge in [0.25, 0.3) is 0 Å². The third-order valence-electron chi connectivity index (χ3n) is 6.38. The van der Waals surface area contributed by atoms with E-state index >= 15 is 0 Å². The molecule has 0 saturated heterocycles. The average Bonchev–Trinajstić information content (AvgIpc) is 2.94. The number of carbonyl (C=O) groups is 1. The lowest BCUT2D eigenvalue weighted by atomic mass is 9.72. The monoisotopic (exact) mass is 263 g/mol. The molecule has 0 spiro atoms. The van der Waals surface area contributed by atoms with E-state index in [1.54, 1.807) is 0 Å². The summed E-state index contributed by atoms with van der Waals surface area (Å²) in [6.45, 7) is 0.590. The van der Waals surface area contributed by atoms with E-state index in [0.29, 0.717) is 18.2 Å². The van der Waals surface area contributed by atoms with E-state index in [0.717, 1.165) is 31.1 Å². The van der Waals surface area contributed by atoms with Crippen LogP contribution in [0, 0.1) is 23.2 Å². The molecule has 0 heterocycles. The van der Waals surface area contributed by atoms with Crippen LogP contribution in [0.15, 0.2) is 0 Å². The lowest BCUT2D eigenvalue weighted by Crippen LogP contribution is -2.39. The zero-order valence-electron chi connectivity index (χ0n) is 12.2. The Bertz CT molecular complexity index is 330. The highest BCUT2D eigenvalue weighted by Crippen LogP contribution is 2.50. The van der Waals surface area contributed by atoms with Gasteiger partial charge in [-0.3, -0.25) is 4.79 Å². The molecule has 2 bridgehead atoms. The van der Waals surface area contributed by atoms with E-state index in [9.17, 15) is 4.79 Å². The van der Waals surface area contributed by atoms with Gasteiger partial charge in [0.2, 0.25) is 0 Å². The number of fused-ring (bicyclic) bond motifs is 2. The van der Waals surface area contributed by atoms with Crippen LogP contribution in [-0.2, 0) is 4.79 Å². The fourth-order valence-electron chi connectivity index (χ4n) is 5.08. The van der Waals surface area contributed by atoms with E-state index in [4.69, 9.17) is 5.73 Å². The second-order valence-electron chi connectivity index (χ2n) is 7.46. The van der Waals surface area contributed by atoms with Gasteiger partial charge < -0.3 is 5.73 Å². The maximum Gasteiger partial charge on any atom is 0.140 e. The Morgan fingerprint density at radius 3 is 2.32 bits per heavy atom. The van der Waals surface area contributed by atoms with Gasteiger partial charge in [-0.25, -0.2) is 0 Å². The number of hydrogen-bond donors (Lipinski definition) is 1. The predicted octanol–water partition coefficient (Wildman–Crippen LogP) is 3.68. The van der Waals surface area contributed by atoms with Gasteiger partial charge in [-0.2, -0.15) is 0 Å². The van der Waals surface area contributed by atoms with Crippen molar-refractivity contribution in [1.82, 2.24) is 0 Å². The minimum Gasteiger partial charge on any atom is -0.329 e. The van der Waals surface area contributed by atoms with Crippen molar-refractivity contribution in [3.8, 4) is 0 Å². The van der Waals surface area contributed by atoms with Crippen molar-refractivity contribution in [3.63, 3.8) is 0 Å². The molecule has 3 rings (SSSR count). The molecule has 0 aromatic rings. The van der Waals surface area contributed by atoms with Crippen LogP contribution < -0.4 is 5.73 Å². The molecule has 0 amide bonds. The molecule has 0 aromatic carbocycles. The quantitative estimate of drug-likeness (QED) is 0.786. The SMILES string of the molecule is NCC1(C(=O)CC2CC3CCC2C3)CCCCCC1. The Morgan fingerprint density at radius 2 is 1.79 bits per heavy atom. The first-order valence-electron chi connectivity index (χ1n) is 8.47. The van der Waals surface area contributed by atoms with Crippen LogP contribution in [0.2, 0.25) is 0 Å². The topological polar surface area (TPSA) is 43.1 Å². The number of nitrogens with two attached hydrogens (primary N) is 1. The molecular formula is C17H29NO. The Morgan fingerprint density at radius 1 is 1.05 bits per heavy atom. The Kier molecular flexibility index (Phi) is 3.98. The fraction of sp³-hybridized carbons (Fsp3) is 0.941. The highest BCUT2D eigenvalue weighted by Gasteiger charge is 2.43. The lowest BCUT2D eigenvalue weighted by Gasteiger charge is -2.32. The molecule has 3 unspecified atom stereocenters. The van der Waals surface area contributed by atoms with Crippen LogP contribution in [-0.4, -0.2) is 12.3 Å². The molecular weight excluding hydrogens is 234 g/mol. The molecule has 19 heavy (non-hydrogen) atoms. The lowest BCUT2D eigenvalue weighted by molar-refractivity contribution is -0.130. The van der Waals surface area contributed by atoms with Gasteiger partial charge in [-0.05, 0) is 49.9 Å². The van der Waals surface area contributed by atoms with Gasteiger partial charge >= 0.3 is 0 Å². The third-order valence-corrected chi connectivity index (χ3v) is 6.38. The number of rotatable bonds is 4. The van der Waals surface area contributed by atoms with Crippen LogP contribution in [0.25, 0.3) is 0 Å². The molecule has 0 aliphatic heterocycles. The van der Waals surface area contributed by atoms with Crippen LogP contribution in [0.3, 0.4) is 0 Å². The predicted molar refractivity (Wildman–Crippen MR) is 77.8 cm³/mol. The minimum atomic E-state index is -0.141. The molecule has 2 heteroatoms. The highest BCUT2D eigenvalue weighted by atomic mass is 16.1. The van der Waals surface area contributed by atoms with Crippen LogP contribution in [0.4, 0.5) is 0 Å². The van der Waals surface area contributed by atoms with Crippen molar-refractivity contribution < 1.29 is 4.79 Å².